The normalized spacial score (nSPS) is 17.7. The SMILES string of the molecule is CC(=O)Nc1cccc(NC(=O)C2CC2C(=O)Nc2ccc(Cl)cc2C)c1. The van der Waals surface area contributed by atoms with E-state index in [4.69, 9.17) is 11.6 Å². The quantitative estimate of drug-likeness (QED) is 0.731. The molecule has 1 saturated carbocycles. The maximum atomic E-state index is 12.4. The summed E-state index contributed by atoms with van der Waals surface area (Å²) < 4.78 is 0. The monoisotopic (exact) mass is 385 g/mol. The molecule has 2 aromatic rings. The van der Waals surface area contributed by atoms with Gasteiger partial charge in [-0.15, -0.1) is 0 Å². The molecule has 1 aliphatic carbocycles. The van der Waals surface area contributed by atoms with Crippen LogP contribution in [0.15, 0.2) is 42.5 Å². The fourth-order valence-corrected chi connectivity index (χ4v) is 3.11. The number of nitrogens with one attached hydrogen (secondary N) is 3. The Morgan fingerprint density at radius 3 is 2.19 bits per heavy atom. The molecule has 1 aliphatic rings. The van der Waals surface area contributed by atoms with Crippen LogP contribution >= 0.6 is 11.6 Å². The first-order valence-electron chi connectivity index (χ1n) is 8.59. The Bertz CT molecular complexity index is 913. The summed E-state index contributed by atoms with van der Waals surface area (Å²) in [6.45, 7) is 3.28. The van der Waals surface area contributed by atoms with Gasteiger partial charge in [-0.2, -0.15) is 0 Å². The van der Waals surface area contributed by atoms with Gasteiger partial charge in [0.25, 0.3) is 0 Å². The highest BCUT2D eigenvalue weighted by molar-refractivity contribution is 6.30. The second kappa shape index (κ2) is 7.80. The maximum absolute atomic E-state index is 12.4. The van der Waals surface area contributed by atoms with Crippen molar-refractivity contribution in [3.8, 4) is 0 Å². The number of rotatable bonds is 5. The molecule has 140 valence electrons. The van der Waals surface area contributed by atoms with Crippen LogP contribution in [0.4, 0.5) is 17.1 Å². The molecule has 0 bridgehead atoms. The van der Waals surface area contributed by atoms with Gasteiger partial charge in [0.2, 0.25) is 17.7 Å². The van der Waals surface area contributed by atoms with E-state index < -0.39 is 0 Å². The molecule has 0 aliphatic heterocycles. The Morgan fingerprint density at radius 2 is 1.56 bits per heavy atom. The topological polar surface area (TPSA) is 87.3 Å². The first kappa shape index (κ1) is 18.9. The van der Waals surface area contributed by atoms with Crippen LogP contribution in [-0.2, 0) is 14.4 Å². The predicted octanol–water partition coefficient (Wildman–Crippen LogP) is 3.82. The number of halogens is 1. The Hall–Kier alpha value is -2.86. The van der Waals surface area contributed by atoms with E-state index in [-0.39, 0.29) is 29.6 Å². The first-order chi connectivity index (χ1) is 12.8. The van der Waals surface area contributed by atoms with Crippen LogP contribution in [0.5, 0.6) is 0 Å². The van der Waals surface area contributed by atoms with Crippen molar-refractivity contribution in [2.24, 2.45) is 11.8 Å². The maximum Gasteiger partial charge on any atom is 0.228 e. The molecule has 6 nitrogen and oxygen atoms in total. The highest BCUT2D eigenvalue weighted by Gasteiger charge is 2.48. The highest BCUT2D eigenvalue weighted by Crippen LogP contribution is 2.40. The van der Waals surface area contributed by atoms with E-state index in [1.54, 1.807) is 42.5 Å². The third kappa shape index (κ3) is 4.86. The minimum Gasteiger partial charge on any atom is -0.326 e. The molecule has 3 amide bonds. The van der Waals surface area contributed by atoms with Crippen molar-refractivity contribution in [3.63, 3.8) is 0 Å². The molecule has 7 heteroatoms. The molecular weight excluding hydrogens is 366 g/mol. The van der Waals surface area contributed by atoms with Gasteiger partial charge >= 0.3 is 0 Å². The molecule has 0 saturated heterocycles. The van der Waals surface area contributed by atoms with Gasteiger partial charge in [-0.3, -0.25) is 14.4 Å². The van der Waals surface area contributed by atoms with Gasteiger partial charge in [-0.05, 0) is 55.3 Å². The Balaban J connectivity index is 1.57. The van der Waals surface area contributed by atoms with Gasteiger partial charge in [0.1, 0.15) is 0 Å². The Kier molecular flexibility index (Phi) is 5.46. The lowest BCUT2D eigenvalue weighted by atomic mass is 10.2. The lowest BCUT2D eigenvalue weighted by Crippen LogP contribution is -2.21. The van der Waals surface area contributed by atoms with Crippen LogP contribution < -0.4 is 16.0 Å². The molecule has 3 N–H and O–H groups in total. The fourth-order valence-electron chi connectivity index (χ4n) is 2.88. The van der Waals surface area contributed by atoms with Crippen LogP contribution in [-0.4, -0.2) is 17.7 Å². The third-order valence-corrected chi connectivity index (χ3v) is 4.60. The average molecular weight is 386 g/mol. The number of amides is 3. The van der Waals surface area contributed by atoms with E-state index in [0.29, 0.717) is 28.5 Å². The molecular formula is C20H20ClN3O3. The van der Waals surface area contributed by atoms with Gasteiger partial charge < -0.3 is 16.0 Å². The second-order valence-corrected chi connectivity index (χ2v) is 7.08. The molecule has 3 rings (SSSR count). The lowest BCUT2D eigenvalue weighted by Gasteiger charge is -2.09. The summed E-state index contributed by atoms with van der Waals surface area (Å²) >= 11 is 5.92. The molecule has 1 fully saturated rings. The standard InChI is InChI=1S/C20H20ClN3O3/c1-11-8-13(21)6-7-18(11)24-20(27)17-10-16(17)19(26)23-15-5-3-4-14(9-15)22-12(2)25/h3-9,16-17H,10H2,1-2H3,(H,22,25)(H,23,26)(H,24,27). The summed E-state index contributed by atoms with van der Waals surface area (Å²) in [6.07, 6.45) is 0.510. The lowest BCUT2D eigenvalue weighted by molar-refractivity contribution is -0.122. The Morgan fingerprint density at radius 1 is 0.926 bits per heavy atom. The molecule has 2 atom stereocenters. The zero-order valence-electron chi connectivity index (χ0n) is 15.0. The zero-order valence-corrected chi connectivity index (χ0v) is 15.8. The summed E-state index contributed by atoms with van der Waals surface area (Å²) in [7, 11) is 0. The van der Waals surface area contributed by atoms with Crippen LogP contribution in [0, 0.1) is 18.8 Å². The largest absolute Gasteiger partial charge is 0.326 e. The van der Waals surface area contributed by atoms with E-state index >= 15 is 0 Å². The van der Waals surface area contributed by atoms with Crippen molar-refractivity contribution in [1.82, 2.24) is 0 Å². The summed E-state index contributed by atoms with van der Waals surface area (Å²) in [5, 5.41) is 8.92. The zero-order chi connectivity index (χ0) is 19.6. The molecule has 2 aromatic carbocycles. The van der Waals surface area contributed by atoms with Crippen molar-refractivity contribution in [1.29, 1.82) is 0 Å². The number of carbonyl (C=O) groups excluding carboxylic acids is 3. The number of carbonyl (C=O) groups is 3. The Labute approximate surface area is 162 Å². The number of aryl methyl sites for hydroxylation is 1. The van der Waals surface area contributed by atoms with Gasteiger partial charge in [-0.1, -0.05) is 17.7 Å². The van der Waals surface area contributed by atoms with Crippen molar-refractivity contribution < 1.29 is 14.4 Å². The molecule has 0 radical (unpaired) electrons. The van der Waals surface area contributed by atoms with Gasteiger partial charge in [0, 0.05) is 29.0 Å². The summed E-state index contributed by atoms with van der Waals surface area (Å²) in [6, 6.07) is 12.1. The molecule has 2 unspecified atom stereocenters. The first-order valence-corrected chi connectivity index (χ1v) is 8.97. The number of hydrogen-bond donors (Lipinski definition) is 3. The summed E-state index contributed by atoms with van der Waals surface area (Å²) in [5.41, 5.74) is 2.74. The third-order valence-electron chi connectivity index (χ3n) is 4.36. The smallest absolute Gasteiger partial charge is 0.228 e. The number of benzene rings is 2. The fraction of sp³-hybridized carbons (Fsp3) is 0.250. The van der Waals surface area contributed by atoms with Crippen molar-refractivity contribution in [3.05, 3.63) is 53.1 Å². The van der Waals surface area contributed by atoms with E-state index in [1.807, 2.05) is 6.92 Å². The van der Waals surface area contributed by atoms with Gasteiger partial charge in [0.05, 0.1) is 11.8 Å². The minimum atomic E-state index is -0.359. The predicted molar refractivity (Wildman–Crippen MR) is 106 cm³/mol. The second-order valence-electron chi connectivity index (χ2n) is 6.65. The molecule has 27 heavy (non-hydrogen) atoms. The van der Waals surface area contributed by atoms with Crippen LogP contribution in [0.25, 0.3) is 0 Å². The van der Waals surface area contributed by atoms with Gasteiger partial charge in [0.15, 0.2) is 0 Å². The van der Waals surface area contributed by atoms with Crippen LogP contribution in [0.2, 0.25) is 5.02 Å². The number of hydrogen-bond acceptors (Lipinski definition) is 3. The summed E-state index contributed by atoms with van der Waals surface area (Å²) in [5.74, 6) is -1.27. The van der Waals surface area contributed by atoms with E-state index in [9.17, 15) is 14.4 Å². The minimum absolute atomic E-state index is 0.174. The van der Waals surface area contributed by atoms with Crippen LogP contribution in [0.1, 0.15) is 18.9 Å². The highest BCUT2D eigenvalue weighted by atomic mass is 35.5. The summed E-state index contributed by atoms with van der Waals surface area (Å²) in [4.78, 5) is 35.9. The molecule has 0 aromatic heterocycles. The van der Waals surface area contributed by atoms with Crippen LogP contribution in [0.3, 0.4) is 0 Å². The van der Waals surface area contributed by atoms with E-state index in [1.165, 1.54) is 6.92 Å². The molecule has 0 spiro atoms. The van der Waals surface area contributed by atoms with Gasteiger partial charge in [-0.25, -0.2) is 0 Å². The molecule has 0 heterocycles. The van der Waals surface area contributed by atoms with E-state index in [0.717, 1.165) is 5.56 Å². The number of anilines is 3. The average Bonchev–Trinajstić information content (AvgIpc) is 3.38. The van der Waals surface area contributed by atoms with E-state index in [2.05, 4.69) is 16.0 Å². The van der Waals surface area contributed by atoms with Crippen molar-refractivity contribution in [2.75, 3.05) is 16.0 Å². The van der Waals surface area contributed by atoms with Crippen molar-refractivity contribution in [2.45, 2.75) is 20.3 Å². The van der Waals surface area contributed by atoms with Crippen molar-refractivity contribution >= 4 is 46.4 Å².